The van der Waals surface area contributed by atoms with Crippen LogP contribution >= 0.6 is 0 Å². The fourth-order valence-electron chi connectivity index (χ4n) is 2.57. The van der Waals surface area contributed by atoms with Crippen LogP contribution in [0.25, 0.3) is 0 Å². The van der Waals surface area contributed by atoms with E-state index in [1.807, 2.05) is 18.2 Å². The molecule has 1 aromatic carbocycles. The second kappa shape index (κ2) is 5.51. The van der Waals surface area contributed by atoms with E-state index in [4.69, 9.17) is 15.2 Å². The molecule has 0 amide bonds. The van der Waals surface area contributed by atoms with Crippen LogP contribution in [-0.2, 0) is 0 Å². The summed E-state index contributed by atoms with van der Waals surface area (Å²) < 4.78 is 11.4. The molecule has 1 saturated carbocycles. The molecule has 100 valence electrons. The minimum absolute atomic E-state index is 0.300. The van der Waals surface area contributed by atoms with Crippen LogP contribution in [0, 0.1) is 11.8 Å². The monoisotopic (exact) mass is 249 g/mol. The molecule has 0 saturated heterocycles. The van der Waals surface area contributed by atoms with Gasteiger partial charge in [-0.1, -0.05) is 13.8 Å². The van der Waals surface area contributed by atoms with Gasteiger partial charge in [-0.15, -0.1) is 0 Å². The van der Waals surface area contributed by atoms with Gasteiger partial charge in [0.25, 0.3) is 0 Å². The number of ether oxygens (including phenoxy) is 2. The average molecular weight is 249 g/mol. The van der Waals surface area contributed by atoms with Gasteiger partial charge in [0.2, 0.25) is 0 Å². The Morgan fingerprint density at radius 2 is 1.89 bits per heavy atom. The Balaban J connectivity index is 2.05. The normalized spacial score (nSPS) is 27.8. The minimum atomic E-state index is 0.300. The van der Waals surface area contributed by atoms with Crippen LogP contribution in [0.15, 0.2) is 18.2 Å². The van der Waals surface area contributed by atoms with E-state index in [0.717, 1.165) is 36.2 Å². The molecule has 1 aromatic rings. The quantitative estimate of drug-likeness (QED) is 0.834. The Labute approximate surface area is 109 Å². The highest BCUT2D eigenvalue weighted by molar-refractivity contribution is 5.52. The molecule has 18 heavy (non-hydrogen) atoms. The maximum atomic E-state index is 6.07. The van der Waals surface area contributed by atoms with Gasteiger partial charge in [0, 0.05) is 11.8 Å². The zero-order valence-corrected chi connectivity index (χ0v) is 11.5. The summed E-state index contributed by atoms with van der Waals surface area (Å²) in [6.07, 6.45) is 3.78. The van der Waals surface area contributed by atoms with Crippen LogP contribution in [0.2, 0.25) is 0 Å². The van der Waals surface area contributed by atoms with Crippen molar-refractivity contribution in [1.29, 1.82) is 0 Å². The first-order valence-electron chi connectivity index (χ1n) is 6.70. The van der Waals surface area contributed by atoms with Gasteiger partial charge < -0.3 is 15.2 Å². The van der Waals surface area contributed by atoms with E-state index in [0.29, 0.717) is 11.8 Å². The first-order chi connectivity index (χ1) is 8.60. The highest BCUT2D eigenvalue weighted by Crippen LogP contribution is 2.35. The van der Waals surface area contributed by atoms with E-state index in [-0.39, 0.29) is 0 Å². The van der Waals surface area contributed by atoms with Gasteiger partial charge in [-0.2, -0.15) is 0 Å². The molecule has 0 spiro atoms. The SMILES string of the molecule is COc1cc(N)ccc1OC1CCC(C)C(C)C1. The van der Waals surface area contributed by atoms with Crippen molar-refractivity contribution in [1.82, 2.24) is 0 Å². The van der Waals surface area contributed by atoms with Crippen LogP contribution in [0.4, 0.5) is 5.69 Å². The lowest BCUT2D eigenvalue weighted by molar-refractivity contribution is 0.0977. The Morgan fingerprint density at radius 3 is 2.56 bits per heavy atom. The Hall–Kier alpha value is -1.38. The lowest BCUT2D eigenvalue weighted by Gasteiger charge is -2.32. The summed E-state index contributed by atoms with van der Waals surface area (Å²) in [5.74, 6) is 3.06. The third kappa shape index (κ3) is 2.89. The smallest absolute Gasteiger partial charge is 0.162 e. The number of hydrogen-bond acceptors (Lipinski definition) is 3. The van der Waals surface area contributed by atoms with Crippen LogP contribution < -0.4 is 15.2 Å². The van der Waals surface area contributed by atoms with E-state index in [1.54, 1.807) is 7.11 Å². The predicted molar refractivity (Wildman–Crippen MR) is 74.0 cm³/mol. The third-order valence-electron chi connectivity index (χ3n) is 4.03. The number of anilines is 1. The number of methoxy groups -OCH3 is 1. The summed E-state index contributed by atoms with van der Waals surface area (Å²) >= 11 is 0. The second-order valence-electron chi connectivity index (χ2n) is 5.42. The second-order valence-corrected chi connectivity index (χ2v) is 5.42. The highest BCUT2D eigenvalue weighted by atomic mass is 16.5. The van der Waals surface area contributed by atoms with Gasteiger partial charge in [0.05, 0.1) is 13.2 Å². The molecule has 3 heteroatoms. The minimum Gasteiger partial charge on any atom is -0.493 e. The van der Waals surface area contributed by atoms with Crippen molar-refractivity contribution in [3.05, 3.63) is 18.2 Å². The van der Waals surface area contributed by atoms with Gasteiger partial charge in [-0.25, -0.2) is 0 Å². The third-order valence-corrected chi connectivity index (χ3v) is 4.03. The number of hydrogen-bond donors (Lipinski definition) is 1. The average Bonchev–Trinajstić information content (AvgIpc) is 2.36. The molecule has 0 aromatic heterocycles. The summed E-state index contributed by atoms with van der Waals surface area (Å²) in [5, 5.41) is 0. The Bertz CT molecular complexity index is 405. The topological polar surface area (TPSA) is 44.5 Å². The van der Waals surface area contributed by atoms with Crippen molar-refractivity contribution in [3.8, 4) is 11.5 Å². The van der Waals surface area contributed by atoms with Gasteiger partial charge in [0.1, 0.15) is 0 Å². The number of benzene rings is 1. The summed E-state index contributed by atoms with van der Waals surface area (Å²) in [4.78, 5) is 0. The molecule has 2 rings (SSSR count). The molecular formula is C15H23NO2. The molecule has 1 aliphatic rings. The summed E-state index contributed by atoms with van der Waals surface area (Å²) in [6.45, 7) is 4.63. The van der Waals surface area contributed by atoms with E-state index in [9.17, 15) is 0 Å². The van der Waals surface area contributed by atoms with Gasteiger partial charge in [0.15, 0.2) is 11.5 Å². The fraction of sp³-hybridized carbons (Fsp3) is 0.600. The largest absolute Gasteiger partial charge is 0.493 e. The predicted octanol–water partition coefficient (Wildman–Crippen LogP) is 3.48. The van der Waals surface area contributed by atoms with E-state index >= 15 is 0 Å². The molecule has 2 N–H and O–H groups in total. The van der Waals surface area contributed by atoms with Crippen molar-refractivity contribution >= 4 is 5.69 Å². The molecule has 3 atom stereocenters. The Morgan fingerprint density at radius 1 is 1.11 bits per heavy atom. The number of nitrogens with two attached hydrogens (primary N) is 1. The molecule has 1 fully saturated rings. The first-order valence-corrected chi connectivity index (χ1v) is 6.70. The van der Waals surface area contributed by atoms with Crippen LogP contribution in [0.1, 0.15) is 33.1 Å². The lowest BCUT2D eigenvalue weighted by Crippen LogP contribution is -2.28. The molecule has 3 unspecified atom stereocenters. The van der Waals surface area contributed by atoms with E-state index in [1.165, 1.54) is 6.42 Å². The van der Waals surface area contributed by atoms with Gasteiger partial charge >= 0.3 is 0 Å². The van der Waals surface area contributed by atoms with Crippen molar-refractivity contribution < 1.29 is 9.47 Å². The molecule has 3 nitrogen and oxygen atoms in total. The summed E-state index contributed by atoms with van der Waals surface area (Å²) in [6, 6.07) is 5.56. The molecule has 0 bridgehead atoms. The highest BCUT2D eigenvalue weighted by Gasteiger charge is 2.26. The zero-order valence-electron chi connectivity index (χ0n) is 11.5. The molecule has 1 aliphatic carbocycles. The molecule has 0 aliphatic heterocycles. The number of nitrogen functional groups attached to an aromatic ring is 1. The van der Waals surface area contributed by atoms with Crippen LogP contribution in [0.5, 0.6) is 11.5 Å². The van der Waals surface area contributed by atoms with Crippen molar-refractivity contribution in [2.24, 2.45) is 11.8 Å². The molecule has 0 heterocycles. The maximum absolute atomic E-state index is 6.07. The van der Waals surface area contributed by atoms with Crippen molar-refractivity contribution in [2.75, 3.05) is 12.8 Å². The van der Waals surface area contributed by atoms with E-state index in [2.05, 4.69) is 13.8 Å². The van der Waals surface area contributed by atoms with Gasteiger partial charge in [-0.3, -0.25) is 0 Å². The summed E-state index contributed by atoms with van der Waals surface area (Å²) in [7, 11) is 1.65. The zero-order chi connectivity index (χ0) is 13.1. The maximum Gasteiger partial charge on any atom is 0.162 e. The van der Waals surface area contributed by atoms with Crippen molar-refractivity contribution in [2.45, 2.75) is 39.2 Å². The van der Waals surface area contributed by atoms with Crippen molar-refractivity contribution in [3.63, 3.8) is 0 Å². The standard InChI is InChI=1S/C15H23NO2/c1-10-4-6-13(8-11(10)2)18-14-7-5-12(16)9-15(14)17-3/h5,7,9-11,13H,4,6,8,16H2,1-3H3. The number of rotatable bonds is 3. The van der Waals surface area contributed by atoms with Crippen LogP contribution in [-0.4, -0.2) is 13.2 Å². The first kappa shape index (κ1) is 13.1. The van der Waals surface area contributed by atoms with Crippen LogP contribution in [0.3, 0.4) is 0 Å². The summed E-state index contributed by atoms with van der Waals surface area (Å²) in [5.41, 5.74) is 6.44. The van der Waals surface area contributed by atoms with Gasteiger partial charge in [-0.05, 0) is 43.2 Å². The molecular weight excluding hydrogens is 226 g/mol. The fourth-order valence-corrected chi connectivity index (χ4v) is 2.57. The Kier molecular flexibility index (Phi) is 4.00. The molecule has 0 radical (unpaired) electrons. The van der Waals surface area contributed by atoms with E-state index < -0.39 is 0 Å². The lowest BCUT2D eigenvalue weighted by atomic mass is 9.80.